The maximum absolute atomic E-state index is 14.3. The van der Waals surface area contributed by atoms with Gasteiger partial charge in [-0.25, -0.2) is 9.97 Å². The van der Waals surface area contributed by atoms with Crippen LogP contribution in [0.2, 0.25) is 0 Å². The zero-order chi connectivity index (χ0) is 31.9. The highest BCUT2D eigenvalue weighted by molar-refractivity contribution is 6.04. The summed E-state index contributed by atoms with van der Waals surface area (Å²) >= 11 is 0. The van der Waals surface area contributed by atoms with Gasteiger partial charge in [0, 0.05) is 22.6 Å². The number of anilines is 1. The molecule has 12 heteroatoms. The molecule has 5 rings (SSSR count). The van der Waals surface area contributed by atoms with E-state index in [0.29, 0.717) is 16.8 Å². The Labute approximate surface area is 248 Å². The van der Waals surface area contributed by atoms with E-state index < -0.39 is 35.1 Å². The van der Waals surface area contributed by atoms with Gasteiger partial charge in [0.1, 0.15) is 5.82 Å². The van der Waals surface area contributed by atoms with Crippen molar-refractivity contribution in [3.8, 4) is 28.2 Å². The number of rotatable bonds is 5. The summed E-state index contributed by atoms with van der Waals surface area (Å²) in [6.45, 7) is 5.49. The van der Waals surface area contributed by atoms with Gasteiger partial charge in [-0.1, -0.05) is 81.4 Å². The van der Waals surface area contributed by atoms with Crippen molar-refractivity contribution in [3.63, 3.8) is 0 Å². The van der Waals surface area contributed by atoms with E-state index >= 15 is 0 Å². The fourth-order valence-electron chi connectivity index (χ4n) is 4.40. The lowest BCUT2D eigenvalue weighted by atomic mass is 9.92. The van der Waals surface area contributed by atoms with Crippen LogP contribution in [-0.2, 0) is 17.8 Å². The Bertz CT molecular complexity index is 1790. The maximum Gasteiger partial charge on any atom is 0.451 e. The number of halogens is 6. The zero-order valence-corrected chi connectivity index (χ0v) is 23.6. The van der Waals surface area contributed by atoms with Crippen molar-refractivity contribution in [3.05, 3.63) is 114 Å². The molecule has 1 N–H and O–H groups in total. The van der Waals surface area contributed by atoms with Crippen LogP contribution >= 0.6 is 0 Å². The topological polar surface area (TPSA) is 72.7 Å². The van der Waals surface area contributed by atoms with E-state index in [0.717, 1.165) is 28.9 Å². The first-order chi connectivity index (χ1) is 20.6. The Balaban J connectivity index is 1.75. The SMILES string of the molecule is CC(C)(C)c1cc(NC(=O)c2ccc(C(F)(F)F)cc2)n(-c2nc(C(F)(F)F)nc(-c3ccccc3)c2-c2ccccc2)n1. The number of carbonyl (C=O) groups is 1. The number of benzene rings is 3. The summed E-state index contributed by atoms with van der Waals surface area (Å²) in [4.78, 5) is 21.1. The molecule has 0 unspecified atom stereocenters. The van der Waals surface area contributed by atoms with Crippen LogP contribution in [0.15, 0.2) is 91.0 Å². The molecule has 2 aromatic heterocycles. The molecule has 0 aliphatic rings. The molecule has 44 heavy (non-hydrogen) atoms. The molecule has 226 valence electrons. The summed E-state index contributed by atoms with van der Waals surface area (Å²) < 4.78 is 83.1. The number of hydrogen-bond donors (Lipinski definition) is 1. The molecule has 0 bridgehead atoms. The van der Waals surface area contributed by atoms with Crippen LogP contribution in [0.5, 0.6) is 0 Å². The fourth-order valence-corrected chi connectivity index (χ4v) is 4.40. The van der Waals surface area contributed by atoms with Crippen LogP contribution in [0.1, 0.15) is 48.2 Å². The Morgan fingerprint density at radius 3 is 1.82 bits per heavy atom. The Hall–Kier alpha value is -5.00. The molecular weight excluding hydrogens is 584 g/mol. The average molecular weight is 610 g/mol. The minimum absolute atomic E-state index is 0.0121. The molecular formula is C32H25F6N5O. The van der Waals surface area contributed by atoms with Gasteiger partial charge in [0.05, 0.1) is 22.5 Å². The number of alkyl halides is 6. The Morgan fingerprint density at radius 1 is 0.727 bits per heavy atom. The van der Waals surface area contributed by atoms with Crippen molar-refractivity contribution in [2.45, 2.75) is 38.5 Å². The molecule has 0 spiro atoms. The fraction of sp³-hybridized carbons (Fsp3) is 0.188. The van der Waals surface area contributed by atoms with E-state index in [-0.39, 0.29) is 28.5 Å². The Kier molecular flexibility index (Phi) is 7.79. The third-order valence-corrected chi connectivity index (χ3v) is 6.65. The van der Waals surface area contributed by atoms with E-state index in [2.05, 4.69) is 20.4 Å². The lowest BCUT2D eigenvalue weighted by molar-refractivity contribution is -0.145. The van der Waals surface area contributed by atoms with Gasteiger partial charge < -0.3 is 5.32 Å². The van der Waals surface area contributed by atoms with Crippen molar-refractivity contribution in [1.82, 2.24) is 19.7 Å². The summed E-state index contributed by atoms with van der Waals surface area (Å²) in [6.07, 6.45) is -9.53. The Morgan fingerprint density at radius 2 is 1.30 bits per heavy atom. The van der Waals surface area contributed by atoms with E-state index in [4.69, 9.17) is 0 Å². The van der Waals surface area contributed by atoms with Crippen molar-refractivity contribution in [2.75, 3.05) is 5.32 Å². The molecule has 5 aromatic rings. The minimum atomic E-state index is -4.93. The summed E-state index contributed by atoms with van der Waals surface area (Å²) in [5.41, 5.74) is -0.158. The predicted molar refractivity (Wildman–Crippen MR) is 153 cm³/mol. The summed E-state index contributed by atoms with van der Waals surface area (Å²) in [6, 6.07) is 21.9. The van der Waals surface area contributed by atoms with Crippen molar-refractivity contribution >= 4 is 11.7 Å². The summed E-state index contributed by atoms with van der Waals surface area (Å²) in [5, 5.41) is 7.20. The molecule has 2 heterocycles. The van der Waals surface area contributed by atoms with Gasteiger partial charge in [-0.2, -0.15) is 36.1 Å². The van der Waals surface area contributed by atoms with Gasteiger partial charge in [0.25, 0.3) is 5.91 Å². The molecule has 0 saturated carbocycles. The number of nitrogens with one attached hydrogen (secondary N) is 1. The second kappa shape index (κ2) is 11.3. The highest BCUT2D eigenvalue weighted by Crippen LogP contribution is 2.39. The standard InChI is InChI=1S/C32H25F6N5O/c1-30(2,3)23-18-24(39-28(44)21-14-16-22(17-15-21)31(33,34)35)43(42-23)27-25(19-10-6-4-7-11-19)26(20-12-8-5-9-13-20)40-29(41-27)32(36,37)38/h4-18H,1-3H3,(H,39,44). The molecule has 0 aliphatic heterocycles. The summed E-state index contributed by atoms with van der Waals surface area (Å²) in [5.74, 6) is -2.51. The molecule has 6 nitrogen and oxygen atoms in total. The van der Waals surface area contributed by atoms with E-state index in [9.17, 15) is 31.1 Å². The van der Waals surface area contributed by atoms with Gasteiger partial charge in [0.2, 0.25) is 5.82 Å². The first-order valence-electron chi connectivity index (χ1n) is 13.3. The third-order valence-electron chi connectivity index (χ3n) is 6.65. The van der Waals surface area contributed by atoms with E-state index in [1.54, 1.807) is 60.7 Å². The van der Waals surface area contributed by atoms with Crippen molar-refractivity contribution in [1.29, 1.82) is 0 Å². The quantitative estimate of drug-likeness (QED) is 0.203. The number of amides is 1. The monoisotopic (exact) mass is 609 g/mol. The largest absolute Gasteiger partial charge is 0.451 e. The van der Waals surface area contributed by atoms with Gasteiger partial charge in [-0.3, -0.25) is 4.79 Å². The van der Waals surface area contributed by atoms with Gasteiger partial charge in [-0.15, -0.1) is 0 Å². The molecule has 3 aromatic carbocycles. The van der Waals surface area contributed by atoms with Gasteiger partial charge >= 0.3 is 12.4 Å². The van der Waals surface area contributed by atoms with E-state index in [1.807, 2.05) is 20.8 Å². The highest BCUT2D eigenvalue weighted by Gasteiger charge is 2.38. The number of nitrogens with zero attached hydrogens (tertiary/aromatic N) is 4. The second-order valence-electron chi connectivity index (χ2n) is 10.9. The lowest BCUT2D eigenvalue weighted by Crippen LogP contribution is -2.19. The number of hydrogen-bond acceptors (Lipinski definition) is 4. The number of carbonyl (C=O) groups excluding carboxylic acids is 1. The summed E-state index contributed by atoms with van der Waals surface area (Å²) in [7, 11) is 0. The molecule has 1 amide bonds. The first kappa shape index (κ1) is 30.5. The van der Waals surface area contributed by atoms with Crippen LogP contribution in [0.3, 0.4) is 0 Å². The van der Waals surface area contributed by atoms with E-state index in [1.165, 1.54) is 6.07 Å². The van der Waals surface area contributed by atoms with Gasteiger partial charge in [-0.05, 0) is 29.8 Å². The molecule has 0 radical (unpaired) electrons. The van der Waals surface area contributed by atoms with Crippen LogP contribution in [0.4, 0.5) is 32.2 Å². The molecule has 0 saturated heterocycles. The normalized spacial score (nSPS) is 12.3. The van der Waals surface area contributed by atoms with Gasteiger partial charge in [0.15, 0.2) is 5.82 Å². The highest BCUT2D eigenvalue weighted by atomic mass is 19.4. The zero-order valence-electron chi connectivity index (χ0n) is 23.6. The first-order valence-corrected chi connectivity index (χ1v) is 13.3. The average Bonchev–Trinajstić information content (AvgIpc) is 3.41. The van der Waals surface area contributed by atoms with Crippen molar-refractivity contribution < 1.29 is 31.1 Å². The van der Waals surface area contributed by atoms with Crippen LogP contribution in [-0.4, -0.2) is 25.7 Å². The molecule has 0 atom stereocenters. The minimum Gasteiger partial charge on any atom is -0.306 e. The third kappa shape index (κ3) is 6.34. The predicted octanol–water partition coefficient (Wildman–Crippen LogP) is 8.58. The van der Waals surface area contributed by atoms with Crippen LogP contribution in [0.25, 0.3) is 28.2 Å². The number of aromatic nitrogens is 4. The smallest absolute Gasteiger partial charge is 0.306 e. The van der Waals surface area contributed by atoms with Crippen molar-refractivity contribution in [2.24, 2.45) is 0 Å². The molecule has 0 fully saturated rings. The lowest BCUT2D eigenvalue weighted by Gasteiger charge is -2.19. The van der Waals surface area contributed by atoms with Crippen LogP contribution < -0.4 is 5.32 Å². The second-order valence-corrected chi connectivity index (χ2v) is 10.9. The van der Waals surface area contributed by atoms with Crippen LogP contribution in [0, 0.1) is 0 Å². The maximum atomic E-state index is 14.3. The molecule has 0 aliphatic carbocycles.